The molecule has 0 atom stereocenters. The van der Waals surface area contributed by atoms with Crippen LogP contribution < -0.4 is 0 Å². The Hall–Kier alpha value is -2.63. The number of likely N-dealkylation sites (N-methyl/N-ethyl adjacent to an activating group) is 1. The summed E-state index contributed by atoms with van der Waals surface area (Å²) < 4.78 is 5.08. The molecule has 1 aliphatic rings. The van der Waals surface area contributed by atoms with Crippen molar-refractivity contribution in [1.29, 1.82) is 0 Å². The minimum absolute atomic E-state index is 0.220. The second kappa shape index (κ2) is 9.04. The molecule has 2 aromatic rings. The Balaban J connectivity index is 2.04. The summed E-state index contributed by atoms with van der Waals surface area (Å²) in [5, 5.41) is 0.579. The highest BCUT2D eigenvalue weighted by Gasteiger charge is 2.41. The highest BCUT2D eigenvalue weighted by Crippen LogP contribution is 2.32. The topological polar surface area (TPSA) is 49.9 Å². The van der Waals surface area contributed by atoms with Gasteiger partial charge >= 0.3 is 0 Å². The summed E-state index contributed by atoms with van der Waals surface area (Å²) in [6.45, 7) is 3.63. The fraction of sp³-hybridized carbons (Fsp3) is 0.273. The molecule has 0 aliphatic carbocycles. The zero-order valence-corrected chi connectivity index (χ0v) is 16.8. The van der Waals surface area contributed by atoms with Crippen LogP contribution in [0.2, 0.25) is 5.02 Å². The first kappa shape index (κ1) is 20.1. The standard InChI is InChI=1S/C22H23ClN2O3/c1-3-24(15-16-7-5-4-6-8-16)20-19(17-9-11-18(23)12-10-17)21(26)25(22(20)27)13-14-28-2/h4-12H,3,13-15H2,1-2H3. The molecule has 0 spiro atoms. The molecule has 6 heteroatoms. The lowest BCUT2D eigenvalue weighted by atomic mass is 10.0. The van der Waals surface area contributed by atoms with Crippen molar-refractivity contribution in [3.8, 4) is 0 Å². The van der Waals surface area contributed by atoms with Gasteiger partial charge in [-0.25, -0.2) is 0 Å². The van der Waals surface area contributed by atoms with Gasteiger partial charge in [0, 0.05) is 25.2 Å². The molecule has 2 amide bonds. The summed E-state index contributed by atoms with van der Waals surface area (Å²) in [6, 6.07) is 16.9. The third kappa shape index (κ3) is 4.11. The van der Waals surface area contributed by atoms with E-state index in [0.717, 1.165) is 5.56 Å². The summed E-state index contributed by atoms with van der Waals surface area (Å²) in [4.78, 5) is 29.5. The van der Waals surface area contributed by atoms with E-state index in [1.807, 2.05) is 42.2 Å². The van der Waals surface area contributed by atoms with Gasteiger partial charge in [-0.3, -0.25) is 14.5 Å². The fourth-order valence-electron chi connectivity index (χ4n) is 3.27. The van der Waals surface area contributed by atoms with Gasteiger partial charge < -0.3 is 9.64 Å². The van der Waals surface area contributed by atoms with Gasteiger partial charge in [0.05, 0.1) is 18.7 Å². The van der Waals surface area contributed by atoms with Crippen LogP contribution in [0.25, 0.3) is 5.57 Å². The maximum atomic E-state index is 13.2. The molecule has 1 heterocycles. The molecule has 0 bridgehead atoms. The molecule has 28 heavy (non-hydrogen) atoms. The number of amides is 2. The molecule has 0 saturated heterocycles. The molecule has 0 N–H and O–H groups in total. The molecule has 0 radical (unpaired) electrons. The first-order chi connectivity index (χ1) is 13.6. The van der Waals surface area contributed by atoms with Crippen LogP contribution in [-0.4, -0.2) is 48.4 Å². The lowest BCUT2D eigenvalue weighted by Gasteiger charge is -2.25. The van der Waals surface area contributed by atoms with E-state index in [9.17, 15) is 9.59 Å². The van der Waals surface area contributed by atoms with Crippen LogP contribution in [0.5, 0.6) is 0 Å². The number of carbonyl (C=O) groups is 2. The normalized spacial score (nSPS) is 14.2. The number of benzene rings is 2. The maximum Gasteiger partial charge on any atom is 0.277 e. The number of carbonyl (C=O) groups excluding carboxylic acids is 2. The van der Waals surface area contributed by atoms with Gasteiger partial charge in [0.1, 0.15) is 5.70 Å². The Morgan fingerprint density at radius 1 is 1.00 bits per heavy atom. The molecular weight excluding hydrogens is 376 g/mol. The molecule has 5 nitrogen and oxygen atoms in total. The zero-order valence-electron chi connectivity index (χ0n) is 16.0. The van der Waals surface area contributed by atoms with E-state index < -0.39 is 0 Å². The second-order valence-corrected chi connectivity index (χ2v) is 6.92. The first-order valence-corrected chi connectivity index (χ1v) is 9.58. The Labute approximate surface area is 170 Å². The van der Waals surface area contributed by atoms with Crippen LogP contribution in [0.15, 0.2) is 60.3 Å². The van der Waals surface area contributed by atoms with Gasteiger partial charge in [0.25, 0.3) is 11.8 Å². The van der Waals surface area contributed by atoms with Gasteiger partial charge in [0.2, 0.25) is 0 Å². The number of nitrogens with zero attached hydrogens (tertiary/aromatic N) is 2. The predicted molar refractivity (Wildman–Crippen MR) is 109 cm³/mol. The molecule has 3 rings (SSSR count). The number of ether oxygens (including phenoxy) is 1. The Kier molecular flexibility index (Phi) is 6.49. The first-order valence-electron chi connectivity index (χ1n) is 9.21. The van der Waals surface area contributed by atoms with Crippen molar-refractivity contribution in [2.75, 3.05) is 26.8 Å². The van der Waals surface area contributed by atoms with E-state index in [2.05, 4.69) is 0 Å². The van der Waals surface area contributed by atoms with Gasteiger partial charge in [-0.05, 0) is 30.2 Å². The van der Waals surface area contributed by atoms with Crippen molar-refractivity contribution >= 4 is 29.0 Å². The Bertz CT molecular complexity index is 878. The summed E-state index contributed by atoms with van der Waals surface area (Å²) in [7, 11) is 1.55. The average molecular weight is 399 g/mol. The smallest absolute Gasteiger partial charge is 0.277 e. The maximum absolute atomic E-state index is 13.2. The summed E-state index contributed by atoms with van der Waals surface area (Å²) >= 11 is 6.01. The minimum Gasteiger partial charge on any atom is -0.383 e. The molecule has 0 unspecified atom stereocenters. The van der Waals surface area contributed by atoms with Crippen molar-refractivity contribution in [3.63, 3.8) is 0 Å². The van der Waals surface area contributed by atoms with E-state index in [-0.39, 0.29) is 18.4 Å². The zero-order chi connectivity index (χ0) is 20.1. The van der Waals surface area contributed by atoms with Crippen molar-refractivity contribution in [1.82, 2.24) is 9.80 Å². The van der Waals surface area contributed by atoms with Crippen LogP contribution >= 0.6 is 11.6 Å². The van der Waals surface area contributed by atoms with Crippen LogP contribution in [0.4, 0.5) is 0 Å². The highest BCUT2D eigenvalue weighted by molar-refractivity contribution is 6.36. The van der Waals surface area contributed by atoms with Crippen molar-refractivity contribution in [3.05, 3.63) is 76.4 Å². The lowest BCUT2D eigenvalue weighted by Crippen LogP contribution is -2.37. The van der Waals surface area contributed by atoms with E-state index in [1.165, 1.54) is 4.90 Å². The molecule has 0 aromatic heterocycles. The largest absolute Gasteiger partial charge is 0.383 e. The number of halogens is 1. The number of hydrogen-bond donors (Lipinski definition) is 0. The number of hydrogen-bond acceptors (Lipinski definition) is 4. The molecule has 146 valence electrons. The quantitative estimate of drug-likeness (QED) is 0.638. The molecule has 2 aromatic carbocycles. The summed E-state index contributed by atoms with van der Waals surface area (Å²) in [6.07, 6.45) is 0. The molecule has 0 fully saturated rings. The molecular formula is C22H23ClN2O3. The lowest BCUT2D eigenvalue weighted by molar-refractivity contribution is -0.138. The SMILES string of the molecule is CCN(Cc1ccccc1)C1=C(c2ccc(Cl)cc2)C(=O)N(CCOC)C1=O. The van der Waals surface area contributed by atoms with Crippen LogP contribution in [0.3, 0.4) is 0 Å². The number of imide groups is 1. The number of methoxy groups -OCH3 is 1. The van der Waals surface area contributed by atoms with Gasteiger partial charge in [0.15, 0.2) is 0 Å². The summed E-state index contributed by atoms with van der Waals surface area (Å²) in [5.41, 5.74) is 2.59. The average Bonchev–Trinajstić information content (AvgIpc) is 2.96. The Morgan fingerprint density at radius 2 is 1.68 bits per heavy atom. The van der Waals surface area contributed by atoms with Gasteiger partial charge in [-0.2, -0.15) is 0 Å². The van der Waals surface area contributed by atoms with Gasteiger partial charge in [-0.15, -0.1) is 0 Å². The third-order valence-corrected chi connectivity index (χ3v) is 4.96. The van der Waals surface area contributed by atoms with Crippen LogP contribution in [0.1, 0.15) is 18.1 Å². The van der Waals surface area contributed by atoms with E-state index in [0.29, 0.717) is 41.6 Å². The summed E-state index contributed by atoms with van der Waals surface area (Å²) in [5.74, 6) is -0.587. The van der Waals surface area contributed by atoms with Crippen LogP contribution in [-0.2, 0) is 20.9 Å². The monoisotopic (exact) mass is 398 g/mol. The third-order valence-electron chi connectivity index (χ3n) is 4.71. The fourth-order valence-corrected chi connectivity index (χ4v) is 3.40. The van der Waals surface area contributed by atoms with Crippen molar-refractivity contribution in [2.24, 2.45) is 0 Å². The molecule has 1 aliphatic heterocycles. The second-order valence-electron chi connectivity index (χ2n) is 6.49. The van der Waals surface area contributed by atoms with Crippen molar-refractivity contribution in [2.45, 2.75) is 13.5 Å². The molecule has 0 saturated carbocycles. The van der Waals surface area contributed by atoms with Crippen molar-refractivity contribution < 1.29 is 14.3 Å². The highest BCUT2D eigenvalue weighted by atomic mass is 35.5. The predicted octanol–water partition coefficient (Wildman–Crippen LogP) is 3.59. The van der Waals surface area contributed by atoms with E-state index >= 15 is 0 Å². The number of rotatable bonds is 8. The van der Waals surface area contributed by atoms with E-state index in [1.54, 1.807) is 31.4 Å². The van der Waals surface area contributed by atoms with Gasteiger partial charge in [-0.1, -0.05) is 54.1 Å². The Morgan fingerprint density at radius 3 is 2.29 bits per heavy atom. The van der Waals surface area contributed by atoms with E-state index in [4.69, 9.17) is 16.3 Å². The minimum atomic E-state index is -0.300. The van der Waals surface area contributed by atoms with Crippen LogP contribution in [0, 0.1) is 0 Å².